The van der Waals surface area contributed by atoms with Gasteiger partial charge in [-0.15, -0.1) is 0 Å². The van der Waals surface area contributed by atoms with Crippen molar-refractivity contribution in [3.63, 3.8) is 0 Å². The van der Waals surface area contributed by atoms with Crippen LogP contribution < -0.4 is 0 Å². The molecule has 23 heavy (non-hydrogen) atoms. The molecule has 1 fully saturated rings. The summed E-state index contributed by atoms with van der Waals surface area (Å²) in [6, 6.07) is 0. The molecule has 4 atom stereocenters. The normalized spacial score (nSPS) is 30.5. The highest BCUT2D eigenvalue weighted by Gasteiger charge is 2.56. The minimum Gasteiger partial charge on any atom is -0.493 e. The van der Waals surface area contributed by atoms with E-state index in [0.29, 0.717) is 0 Å². The Bertz CT molecular complexity index is 809. The van der Waals surface area contributed by atoms with Crippen molar-refractivity contribution < 1.29 is 28.8 Å². The first kappa shape index (κ1) is 15.4. The monoisotopic (exact) mass is 328 g/mol. The van der Waals surface area contributed by atoms with Gasteiger partial charge in [-0.3, -0.25) is 4.57 Å². The van der Waals surface area contributed by atoms with Gasteiger partial charge in [0.05, 0.1) is 6.61 Å². The van der Waals surface area contributed by atoms with E-state index in [1.807, 2.05) is 0 Å². The van der Waals surface area contributed by atoms with Crippen molar-refractivity contribution in [2.75, 3.05) is 6.61 Å². The number of aromatic hydroxyl groups is 1. The van der Waals surface area contributed by atoms with Crippen LogP contribution >= 0.6 is 0 Å². The number of rotatable bonds is 3. The van der Waals surface area contributed by atoms with Crippen LogP contribution in [0.2, 0.25) is 0 Å². The van der Waals surface area contributed by atoms with Crippen LogP contribution in [0.5, 0.6) is 5.88 Å². The van der Waals surface area contributed by atoms with Gasteiger partial charge in [0, 0.05) is 11.1 Å². The van der Waals surface area contributed by atoms with Crippen LogP contribution in [0.1, 0.15) is 6.23 Å². The number of alkyl halides is 1. The zero-order valence-corrected chi connectivity index (χ0v) is 11.3. The fourth-order valence-electron chi connectivity index (χ4n) is 2.50. The van der Waals surface area contributed by atoms with Crippen molar-refractivity contribution in [1.29, 1.82) is 0 Å². The van der Waals surface area contributed by atoms with E-state index in [1.165, 1.54) is 0 Å². The highest BCUT2D eigenvalue weighted by molar-refractivity contribution is 5.81. The second-order valence-electron chi connectivity index (χ2n) is 4.87. The maximum Gasteiger partial charge on any atom is 0.226 e. The molecule has 2 aromatic rings. The second-order valence-corrected chi connectivity index (χ2v) is 4.87. The van der Waals surface area contributed by atoms with E-state index >= 15 is 0 Å². The van der Waals surface area contributed by atoms with Crippen LogP contribution in [0.15, 0.2) is 17.6 Å². The molecule has 3 N–H and O–H groups in total. The highest BCUT2D eigenvalue weighted by atomic mass is 19.1. The van der Waals surface area contributed by atoms with Gasteiger partial charge in [-0.2, -0.15) is 0 Å². The molecule has 10 nitrogen and oxygen atoms in total. The molecule has 3 rings (SSSR count). The summed E-state index contributed by atoms with van der Waals surface area (Å²) in [6.45, 7) is -0.989. The van der Waals surface area contributed by atoms with E-state index in [4.69, 9.17) is 10.3 Å². The molecule has 0 bridgehead atoms. The minimum absolute atomic E-state index is 0.190. The molecular formula is C11H10F2N6O4. The molecule has 1 aliphatic heterocycles. The number of aromatic nitrogens is 3. The zero-order chi connectivity index (χ0) is 16.8. The van der Waals surface area contributed by atoms with Gasteiger partial charge in [0.15, 0.2) is 23.9 Å². The van der Waals surface area contributed by atoms with Gasteiger partial charge >= 0.3 is 0 Å². The molecule has 12 heteroatoms. The van der Waals surface area contributed by atoms with Crippen LogP contribution in [0, 0.1) is 5.82 Å². The average molecular weight is 328 g/mol. The summed E-state index contributed by atoms with van der Waals surface area (Å²) < 4.78 is 34.4. The molecular weight excluding hydrogens is 318 g/mol. The van der Waals surface area contributed by atoms with Crippen LogP contribution in [0.3, 0.4) is 0 Å². The summed E-state index contributed by atoms with van der Waals surface area (Å²) in [6.07, 6.45) is -4.04. The predicted octanol–water partition coefficient (Wildman–Crippen LogP) is 0.503. The van der Waals surface area contributed by atoms with E-state index in [9.17, 15) is 24.1 Å². The van der Waals surface area contributed by atoms with Crippen molar-refractivity contribution >= 4 is 11.0 Å². The Kier molecular flexibility index (Phi) is 3.53. The molecule has 0 aliphatic carbocycles. The predicted molar refractivity (Wildman–Crippen MR) is 69.1 cm³/mol. The Labute approximate surface area is 126 Å². The molecule has 0 aromatic carbocycles. The van der Waals surface area contributed by atoms with Gasteiger partial charge in [-0.1, -0.05) is 5.11 Å². The Morgan fingerprint density at radius 2 is 2.26 bits per heavy atom. The number of nitrogens with zero attached hydrogens (tertiary/aromatic N) is 6. The lowest BCUT2D eigenvalue weighted by atomic mass is 10.1. The summed E-state index contributed by atoms with van der Waals surface area (Å²) in [5, 5.41) is 31.5. The average Bonchev–Trinajstić information content (AvgIpc) is 2.99. The van der Waals surface area contributed by atoms with Gasteiger partial charge in [-0.05, 0) is 5.53 Å². The number of fused-ring (bicyclic) bond motifs is 1. The van der Waals surface area contributed by atoms with Crippen LogP contribution in [0.4, 0.5) is 8.78 Å². The second kappa shape index (κ2) is 5.28. The molecule has 0 saturated carbocycles. The minimum atomic E-state index is -2.25. The molecule has 3 heterocycles. The summed E-state index contributed by atoms with van der Waals surface area (Å²) in [7, 11) is 0. The molecule has 4 unspecified atom stereocenters. The van der Waals surface area contributed by atoms with Crippen molar-refractivity contribution in [1.82, 2.24) is 14.5 Å². The van der Waals surface area contributed by atoms with Crippen molar-refractivity contribution in [2.24, 2.45) is 5.11 Å². The Morgan fingerprint density at radius 3 is 2.91 bits per heavy atom. The summed E-state index contributed by atoms with van der Waals surface area (Å²) >= 11 is 0. The molecule has 0 spiro atoms. The number of aliphatic hydroxyl groups excluding tert-OH is 2. The van der Waals surface area contributed by atoms with Gasteiger partial charge in [0.25, 0.3) is 0 Å². The van der Waals surface area contributed by atoms with E-state index in [0.717, 1.165) is 17.1 Å². The zero-order valence-electron chi connectivity index (χ0n) is 11.3. The fourth-order valence-corrected chi connectivity index (χ4v) is 2.50. The van der Waals surface area contributed by atoms with Crippen LogP contribution in [0.25, 0.3) is 21.5 Å². The molecule has 0 amide bonds. The van der Waals surface area contributed by atoms with E-state index in [1.54, 1.807) is 0 Å². The first-order valence-corrected chi connectivity index (χ1v) is 6.32. The lowest BCUT2D eigenvalue weighted by Gasteiger charge is -2.23. The van der Waals surface area contributed by atoms with Gasteiger partial charge in [0.2, 0.25) is 11.6 Å². The topological polar surface area (TPSA) is 149 Å². The summed E-state index contributed by atoms with van der Waals surface area (Å²) in [4.78, 5) is 9.58. The summed E-state index contributed by atoms with van der Waals surface area (Å²) in [5.74, 6) is -1.59. The Morgan fingerprint density at radius 1 is 1.52 bits per heavy atom. The van der Waals surface area contributed by atoms with Crippen molar-refractivity contribution in [2.45, 2.75) is 24.2 Å². The number of aliphatic hydroxyl groups is 2. The van der Waals surface area contributed by atoms with E-state index < -0.39 is 42.5 Å². The standard InChI is InChI=1S/C11H10F2N6O4/c12-4-1-19(8-5(4)9(22)16-3-15-8)10-6(13)7(21)11(2-20,23-10)17-18-14/h1,3,6-7,10,20-21H,2H2,(H,15,16,22). The third-order valence-electron chi connectivity index (χ3n) is 3.62. The van der Waals surface area contributed by atoms with Crippen molar-refractivity contribution in [3.8, 4) is 5.88 Å². The van der Waals surface area contributed by atoms with Gasteiger partial charge in [0.1, 0.15) is 17.8 Å². The molecule has 1 saturated heterocycles. The maximum absolute atomic E-state index is 14.4. The van der Waals surface area contributed by atoms with Crippen molar-refractivity contribution in [3.05, 3.63) is 28.8 Å². The molecule has 2 aromatic heterocycles. The number of hydrogen-bond acceptors (Lipinski definition) is 7. The Hall–Kier alpha value is -2.53. The third-order valence-corrected chi connectivity index (χ3v) is 3.62. The molecule has 122 valence electrons. The number of azide groups is 1. The number of halogens is 2. The Balaban J connectivity index is 2.13. The maximum atomic E-state index is 14.4. The van der Waals surface area contributed by atoms with E-state index in [2.05, 4.69) is 20.0 Å². The largest absolute Gasteiger partial charge is 0.493 e. The summed E-state index contributed by atoms with van der Waals surface area (Å²) in [5.41, 5.74) is 6.07. The van der Waals surface area contributed by atoms with Crippen LogP contribution in [-0.4, -0.2) is 54.5 Å². The SMILES string of the molecule is [N-]=[N+]=NC1(CO)OC(n2cc(F)c3c(O)ncnc32)C(F)C1O. The number of hydrogen-bond donors (Lipinski definition) is 3. The van der Waals surface area contributed by atoms with E-state index in [-0.39, 0.29) is 11.0 Å². The fraction of sp³-hybridized carbons (Fsp3) is 0.455. The lowest BCUT2D eigenvalue weighted by molar-refractivity contribution is -0.122. The first-order valence-electron chi connectivity index (χ1n) is 6.32. The van der Waals surface area contributed by atoms with Gasteiger partial charge < -0.3 is 20.1 Å². The smallest absolute Gasteiger partial charge is 0.226 e. The highest BCUT2D eigenvalue weighted by Crippen LogP contribution is 2.42. The molecule has 0 radical (unpaired) electrons. The molecule has 1 aliphatic rings. The third kappa shape index (κ3) is 2.08. The lowest BCUT2D eigenvalue weighted by Crippen LogP contribution is -2.43. The first-order chi connectivity index (χ1) is 10.9. The number of ether oxygens (including phenoxy) is 1. The quantitative estimate of drug-likeness (QED) is 0.424. The van der Waals surface area contributed by atoms with Crippen LogP contribution in [-0.2, 0) is 4.74 Å². The van der Waals surface area contributed by atoms with Gasteiger partial charge in [-0.25, -0.2) is 18.7 Å².